The van der Waals surface area contributed by atoms with Crippen LogP contribution in [0.5, 0.6) is 17.2 Å². The molecule has 1 atom stereocenters. The van der Waals surface area contributed by atoms with Gasteiger partial charge >= 0.3 is 0 Å². The Morgan fingerprint density at radius 2 is 1.62 bits per heavy atom. The highest BCUT2D eigenvalue weighted by Gasteiger charge is 2.26. The summed E-state index contributed by atoms with van der Waals surface area (Å²) in [7, 11) is 4.82. The van der Waals surface area contributed by atoms with Crippen LogP contribution in [0.3, 0.4) is 0 Å². The molecule has 2 N–H and O–H groups in total. The number of aliphatic hydroxyl groups excluding tert-OH is 1. The van der Waals surface area contributed by atoms with Gasteiger partial charge < -0.3 is 24.6 Å². The minimum atomic E-state index is -0.109. The maximum absolute atomic E-state index is 9.85. The monoisotopic (exact) mass is 296 g/mol. The molecular weight excluding hydrogens is 272 g/mol. The van der Waals surface area contributed by atoms with E-state index >= 15 is 0 Å². The number of aliphatic hydroxyl groups is 1. The first-order valence-electron chi connectivity index (χ1n) is 7.10. The predicted molar refractivity (Wildman–Crippen MR) is 80.4 cm³/mol. The van der Waals surface area contributed by atoms with Gasteiger partial charge in [-0.3, -0.25) is 4.90 Å². The Morgan fingerprint density at radius 3 is 2.14 bits per heavy atom. The molecule has 0 bridgehead atoms. The van der Waals surface area contributed by atoms with Crippen LogP contribution in [-0.2, 0) is 0 Å². The summed E-state index contributed by atoms with van der Waals surface area (Å²) >= 11 is 0. The maximum Gasteiger partial charge on any atom is 0.164 e. The Bertz CT molecular complexity index is 461. The van der Waals surface area contributed by atoms with E-state index in [-0.39, 0.29) is 12.6 Å². The molecule has 0 radical (unpaired) electrons. The normalized spacial score (nSPS) is 17.3. The van der Waals surface area contributed by atoms with E-state index in [4.69, 9.17) is 14.2 Å². The standard InChI is InChI=1S/C15H24N2O4/c1-19-13-9-15(21-3)14(20-2)8-11(13)12(10-18)17-6-4-16-5-7-17/h8-9,12,16,18H,4-7,10H2,1-3H3/t12-/m1/s1. The van der Waals surface area contributed by atoms with Gasteiger partial charge in [0.2, 0.25) is 0 Å². The van der Waals surface area contributed by atoms with Crippen molar-refractivity contribution in [1.82, 2.24) is 10.2 Å². The van der Waals surface area contributed by atoms with Gasteiger partial charge in [0.05, 0.1) is 34.0 Å². The Balaban J connectivity index is 2.38. The third-order valence-corrected chi connectivity index (χ3v) is 3.86. The molecule has 6 heteroatoms. The van der Waals surface area contributed by atoms with E-state index in [1.54, 1.807) is 27.4 Å². The van der Waals surface area contributed by atoms with E-state index in [1.165, 1.54) is 0 Å². The minimum absolute atomic E-state index is 0.0336. The minimum Gasteiger partial charge on any atom is -0.496 e. The smallest absolute Gasteiger partial charge is 0.164 e. The van der Waals surface area contributed by atoms with Gasteiger partial charge in [0.15, 0.2) is 11.5 Å². The van der Waals surface area contributed by atoms with Gasteiger partial charge in [-0.05, 0) is 6.07 Å². The number of nitrogens with one attached hydrogen (secondary N) is 1. The second-order valence-corrected chi connectivity index (χ2v) is 4.93. The van der Waals surface area contributed by atoms with Crippen molar-refractivity contribution >= 4 is 0 Å². The lowest BCUT2D eigenvalue weighted by Gasteiger charge is -2.34. The fraction of sp³-hybridized carbons (Fsp3) is 0.600. The third-order valence-electron chi connectivity index (χ3n) is 3.86. The summed E-state index contributed by atoms with van der Waals surface area (Å²) in [6.45, 7) is 3.66. The SMILES string of the molecule is COc1cc(OC)c([C@@H](CO)N2CCNCC2)cc1OC. The third kappa shape index (κ3) is 3.40. The van der Waals surface area contributed by atoms with Crippen molar-refractivity contribution in [2.24, 2.45) is 0 Å². The van der Waals surface area contributed by atoms with Crippen LogP contribution < -0.4 is 19.5 Å². The summed E-state index contributed by atoms with van der Waals surface area (Å²) in [5.41, 5.74) is 0.916. The average Bonchev–Trinajstić information content (AvgIpc) is 2.56. The van der Waals surface area contributed by atoms with Crippen LogP contribution in [0, 0.1) is 0 Å². The van der Waals surface area contributed by atoms with Crippen molar-refractivity contribution in [2.45, 2.75) is 6.04 Å². The first-order valence-corrected chi connectivity index (χ1v) is 7.10. The van der Waals surface area contributed by atoms with Crippen molar-refractivity contribution in [3.8, 4) is 17.2 Å². The molecule has 1 saturated heterocycles. The predicted octanol–water partition coefficient (Wildman–Crippen LogP) is 0.651. The largest absolute Gasteiger partial charge is 0.496 e. The molecular formula is C15H24N2O4. The van der Waals surface area contributed by atoms with Crippen LogP contribution in [-0.4, -0.2) is 64.1 Å². The number of piperazine rings is 1. The molecule has 0 unspecified atom stereocenters. The fourth-order valence-electron chi connectivity index (χ4n) is 2.72. The molecule has 1 fully saturated rings. The molecule has 1 aromatic carbocycles. The summed E-state index contributed by atoms with van der Waals surface area (Å²) in [5.74, 6) is 1.96. The van der Waals surface area contributed by atoms with Crippen molar-refractivity contribution in [1.29, 1.82) is 0 Å². The molecule has 0 aliphatic carbocycles. The van der Waals surface area contributed by atoms with E-state index in [0.29, 0.717) is 17.2 Å². The van der Waals surface area contributed by atoms with E-state index in [2.05, 4.69) is 10.2 Å². The van der Waals surface area contributed by atoms with Crippen LogP contribution >= 0.6 is 0 Å². The molecule has 6 nitrogen and oxygen atoms in total. The quantitative estimate of drug-likeness (QED) is 0.804. The number of ether oxygens (including phenoxy) is 3. The van der Waals surface area contributed by atoms with Crippen molar-refractivity contribution in [2.75, 3.05) is 54.1 Å². The first kappa shape index (κ1) is 15.9. The molecule has 0 saturated carbocycles. The number of methoxy groups -OCH3 is 3. The summed E-state index contributed by atoms with van der Waals surface area (Å²) in [5, 5.41) is 13.2. The lowest BCUT2D eigenvalue weighted by Crippen LogP contribution is -2.46. The van der Waals surface area contributed by atoms with Gasteiger partial charge in [0.1, 0.15) is 5.75 Å². The highest BCUT2D eigenvalue weighted by atomic mass is 16.5. The van der Waals surface area contributed by atoms with Crippen LogP contribution in [0.2, 0.25) is 0 Å². The Labute approximate surface area is 125 Å². The van der Waals surface area contributed by atoms with Crippen LogP contribution in [0.1, 0.15) is 11.6 Å². The second-order valence-electron chi connectivity index (χ2n) is 4.93. The van der Waals surface area contributed by atoms with Gasteiger partial charge in [-0.1, -0.05) is 0 Å². The molecule has 0 spiro atoms. The maximum atomic E-state index is 9.85. The second kappa shape index (κ2) is 7.49. The van der Waals surface area contributed by atoms with Gasteiger partial charge in [-0.2, -0.15) is 0 Å². The highest BCUT2D eigenvalue weighted by molar-refractivity contribution is 5.52. The molecule has 2 rings (SSSR count). The van der Waals surface area contributed by atoms with E-state index in [0.717, 1.165) is 31.7 Å². The van der Waals surface area contributed by atoms with E-state index < -0.39 is 0 Å². The topological polar surface area (TPSA) is 63.2 Å². The van der Waals surface area contributed by atoms with Crippen molar-refractivity contribution < 1.29 is 19.3 Å². The van der Waals surface area contributed by atoms with Gasteiger partial charge in [0, 0.05) is 37.8 Å². The Kier molecular flexibility index (Phi) is 5.67. The number of benzene rings is 1. The lowest BCUT2D eigenvalue weighted by atomic mass is 10.0. The molecule has 1 aromatic rings. The van der Waals surface area contributed by atoms with Crippen LogP contribution in [0.4, 0.5) is 0 Å². The zero-order valence-electron chi connectivity index (χ0n) is 12.9. The molecule has 1 heterocycles. The number of rotatable bonds is 6. The van der Waals surface area contributed by atoms with Crippen LogP contribution in [0.25, 0.3) is 0 Å². The van der Waals surface area contributed by atoms with Crippen molar-refractivity contribution in [3.05, 3.63) is 17.7 Å². The Hall–Kier alpha value is -1.50. The van der Waals surface area contributed by atoms with E-state index in [9.17, 15) is 5.11 Å². The zero-order valence-corrected chi connectivity index (χ0v) is 12.9. The Morgan fingerprint density at radius 1 is 1.05 bits per heavy atom. The van der Waals surface area contributed by atoms with Gasteiger partial charge in [-0.25, -0.2) is 0 Å². The van der Waals surface area contributed by atoms with E-state index in [1.807, 2.05) is 6.07 Å². The zero-order chi connectivity index (χ0) is 15.2. The molecule has 21 heavy (non-hydrogen) atoms. The van der Waals surface area contributed by atoms with Crippen LogP contribution in [0.15, 0.2) is 12.1 Å². The highest BCUT2D eigenvalue weighted by Crippen LogP contribution is 2.39. The van der Waals surface area contributed by atoms with Gasteiger partial charge in [-0.15, -0.1) is 0 Å². The number of nitrogens with zero attached hydrogens (tertiary/aromatic N) is 1. The van der Waals surface area contributed by atoms with Crippen molar-refractivity contribution in [3.63, 3.8) is 0 Å². The molecule has 118 valence electrons. The average molecular weight is 296 g/mol. The summed E-state index contributed by atoms with van der Waals surface area (Å²) in [6, 6.07) is 3.58. The van der Waals surface area contributed by atoms with Gasteiger partial charge in [0.25, 0.3) is 0 Å². The summed E-state index contributed by atoms with van der Waals surface area (Å²) in [4.78, 5) is 2.25. The summed E-state index contributed by atoms with van der Waals surface area (Å²) in [6.07, 6.45) is 0. The lowest BCUT2D eigenvalue weighted by molar-refractivity contribution is 0.108. The molecule has 1 aliphatic heterocycles. The summed E-state index contributed by atoms with van der Waals surface area (Å²) < 4.78 is 16.1. The first-order chi connectivity index (χ1) is 10.2. The number of hydrogen-bond acceptors (Lipinski definition) is 6. The number of hydrogen-bond donors (Lipinski definition) is 2. The molecule has 0 aromatic heterocycles. The fourth-order valence-corrected chi connectivity index (χ4v) is 2.72. The molecule has 1 aliphatic rings. The molecule has 0 amide bonds.